The van der Waals surface area contributed by atoms with Gasteiger partial charge in [0.2, 0.25) is 0 Å². The van der Waals surface area contributed by atoms with Crippen molar-refractivity contribution in [3.05, 3.63) is 90.6 Å². The second kappa shape index (κ2) is 8.67. The Morgan fingerprint density at radius 3 is 2.20 bits per heavy atom. The van der Waals surface area contributed by atoms with Crippen LogP contribution < -0.4 is 4.90 Å². The van der Waals surface area contributed by atoms with Gasteiger partial charge in [0.05, 0.1) is 0 Å². The van der Waals surface area contributed by atoms with Crippen LogP contribution in [0.25, 0.3) is 10.9 Å². The number of fused-ring (bicyclic) bond motifs is 1. The fourth-order valence-electron chi connectivity index (χ4n) is 4.48. The van der Waals surface area contributed by atoms with E-state index in [9.17, 15) is 0 Å². The Kier molecular flexibility index (Phi) is 5.44. The van der Waals surface area contributed by atoms with Crippen molar-refractivity contribution in [1.82, 2.24) is 19.9 Å². The lowest BCUT2D eigenvalue weighted by Gasteiger charge is -2.37. The van der Waals surface area contributed by atoms with Gasteiger partial charge in [0, 0.05) is 78.7 Å². The van der Waals surface area contributed by atoms with Gasteiger partial charge in [-0.15, -0.1) is 0 Å². The molecule has 4 aromatic rings. The zero-order chi connectivity index (χ0) is 20.2. The molecular weight excluding hydrogens is 370 g/mol. The molecule has 152 valence electrons. The molecule has 0 atom stereocenters. The average Bonchev–Trinajstić information content (AvgIpc) is 3.30. The molecule has 0 saturated carbocycles. The number of pyridine rings is 2. The number of piperazine rings is 1. The van der Waals surface area contributed by atoms with Crippen LogP contribution in [0.3, 0.4) is 0 Å². The first-order chi connectivity index (χ1) is 14.9. The molecule has 1 aliphatic heterocycles. The van der Waals surface area contributed by atoms with E-state index >= 15 is 0 Å². The minimum atomic E-state index is 0.235. The van der Waals surface area contributed by atoms with E-state index in [0.29, 0.717) is 0 Å². The van der Waals surface area contributed by atoms with E-state index in [1.54, 1.807) is 0 Å². The molecule has 1 aromatic carbocycles. The van der Waals surface area contributed by atoms with E-state index in [1.807, 2.05) is 30.7 Å². The average molecular weight is 398 g/mol. The normalized spacial score (nSPS) is 15.2. The summed E-state index contributed by atoms with van der Waals surface area (Å²) in [5, 5.41) is 1.32. The van der Waals surface area contributed by atoms with Crippen LogP contribution in [0.4, 0.5) is 5.69 Å². The van der Waals surface area contributed by atoms with Gasteiger partial charge in [-0.2, -0.15) is 0 Å². The highest BCUT2D eigenvalue weighted by Gasteiger charge is 2.22. The van der Waals surface area contributed by atoms with E-state index in [-0.39, 0.29) is 5.92 Å². The lowest BCUT2D eigenvalue weighted by Crippen LogP contribution is -2.46. The zero-order valence-corrected chi connectivity index (χ0v) is 17.1. The number of anilines is 1. The molecule has 0 radical (unpaired) electrons. The van der Waals surface area contributed by atoms with Gasteiger partial charge in [-0.25, -0.2) is 0 Å². The smallest absolute Gasteiger partial charge is 0.0494 e. The van der Waals surface area contributed by atoms with Crippen molar-refractivity contribution in [3.8, 4) is 0 Å². The van der Waals surface area contributed by atoms with E-state index in [0.717, 1.165) is 50.5 Å². The van der Waals surface area contributed by atoms with Crippen LogP contribution >= 0.6 is 0 Å². The Hall–Kier alpha value is -3.18. The van der Waals surface area contributed by atoms with Crippen LogP contribution in [-0.2, 0) is 0 Å². The predicted molar refractivity (Wildman–Crippen MR) is 122 cm³/mol. The molecular formula is C25H27N5. The van der Waals surface area contributed by atoms with Crippen LogP contribution in [0.15, 0.2) is 79.3 Å². The van der Waals surface area contributed by atoms with E-state index < -0.39 is 0 Å². The van der Waals surface area contributed by atoms with Gasteiger partial charge in [0.25, 0.3) is 0 Å². The van der Waals surface area contributed by atoms with Gasteiger partial charge in [-0.1, -0.05) is 18.2 Å². The number of benzene rings is 1. The first-order valence-electron chi connectivity index (χ1n) is 10.7. The maximum Gasteiger partial charge on any atom is 0.0494 e. The molecule has 0 unspecified atom stereocenters. The number of hydrogen-bond acceptors (Lipinski definition) is 4. The highest BCUT2D eigenvalue weighted by Crippen LogP contribution is 2.28. The molecule has 1 fully saturated rings. The fourth-order valence-corrected chi connectivity index (χ4v) is 4.48. The Morgan fingerprint density at radius 2 is 1.53 bits per heavy atom. The highest BCUT2D eigenvalue weighted by atomic mass is 15.3. The molecule has 1 N–H and O–H groups in total. The summed E-state index contributed by atoms with van der Waals surface area (Å²) < 4.78 is 0. The summed E-state index contributed by atoms with van der Waals surface area (Å²) in [6.45, 7) is 5.33. The van der Waals surface area contributed by atoms with Crippen LogP contribution in [0.1, 0.15) is 23.7 Å². The monoisotopic (exact) mass is 397 g/mol. The van der Waals surface area contributed by atoms with Crippen molar-refractivity contribution in [1.29, 1.82) is 0 Å². The van der Waals surface area contributed by atoms with Crippen LogP contribution in [0.5, 0.6) is 0 Å². The summed E-state index contributed by atoms with van der Waals surface area (Å²) in [6.07, 6.45) is 6.82. The Labute approximate surface area is 177 Å². The number of aromatic nitrogens is 3. The summed E-state index contributed by atoms with van der Waals surface area (Å²) >= 11 is 0. The number of H-pyrrole nitrogens is 1. The summed E-state index contributed by atoms with van der Waals surface area (Å²) in [4.78, 5) is 17.7. The standard InChI is InChI=1S/C25H27N5/c1-3-12-26-22(6-1)20(23-7-2-4-13-27-23)11-15-29-16-18-30(19-17-29)25-9-5-8-24-21(25)10-14-28-24/h1-10,12-14,20,28H,11,15-19H2. The zero-order valence-electron chi connectivity index (χ0n) is 17.1. The minimum Gasteiger partial charge on any atom is -0.368 e. The summed E-state index contributed by atoms with van der Waals surface area (Å²) in [5.41, 5.74) is 4.76. The summed E-state index contributed by atoms with van der Waals surface area (Å²) in [7, 11) is 0. The van der Waals surface area contributed by atoms with Crippen molar-refractivity contribution in [2.75, 3.05) is 37.6 Å². The van der Waals surface area contributed by atoms with Gasteiger partial charge < -0.3 is 9.88 Å². The predicted octanol–water partition coefficient (Wildman–Crippen LogP) is 4.30. The third-order valence-electron chi connectivity index (χ3n) is 6.11. The van der Waals surface area contributed by atoms with E-state index in [2.05, 4.69) is 73.3 Å². The second-order valence-electron chi connectivity index (χ2n) is 7.90. The number of rotatable bonds is 6. The highest BCUT2D eigenvalue weighted by molar-refractivity contribution is 5.92. The first kappa shape index (κ1) is 18.8. The quantitative estimate of drug-likeness (QED) is 0.527. The third kappa shape index (κ3) is 3.94. The Morgan fingerprint density at radius 1 is 0.800 bits per heavy atom. The van der Waals surface area contributed by atoms with Gasteiger partial charge in [-0.3, -0.25) is 14.9 Å². The number of hydrogen-bond donors (Lipinski definition) is 1. The molecule has 4 heterocycles. The summed E-state index contributed by atoms with van der Waals surface area (Å²) in [5.74, 6) is 0.235. The van der Waals surface area contributed by atoms with Gasteiger partial charge in [0.1, 0.15) is 0 Å². The topological polar surface area (TPSA) is 48.0 Å². The van der Waals surface area contributed by atoms with Crippen LogP contribution in [0, 0.1) is 0 Å². The maximum absolute atomic E-state index is 4.63. The number of aromatic amines is 1. The van der Waals surface area contributed by atoms with Crippen LogP contribution in [0.2, 0.25) is 0 Å². The molecule has 1 saturated heterocycles. The minimum absolute atomic E-state index is 0.235. The van der Waals surface area contributed by atoms with Crippen molar-refractivity contribution >= 4 is 16.6 Å². The van der Waals surface area contributed by atoms with Crippen molar-refractivity contribution < 1.29 is 0 Å². The third-order valence-corrected chi connectivity index (χ3v) is 6.11. The summed E-state index contributed by atoms with van der Waals surface area (Å²) in [6, 6.07) is 21.0. The molecule has 3 aromatic heterocycles. The molecule has 5 nitrogen and oxygen atoms in total. The first-order valence-corrected chi connectivity index (χ1v) is 10.7. The van der Waals surface area contributed by atoms with E-state index in [1.165, 1.54) is 16.6 Å². The van der Waals surface area contributed by atoms with Crippen molar-refractivity contribution in [3.63, 3.8) is 0 Å². The lowest BCUT2D eigenvalue weighted by molar-refractivity contribution is 0.251. The van der Waals surface area contributed by atoms with Crippen molar-refractivity contribution in [2.24, 2.45) is 0 Å². The number of nitrogens with one attached hydrogen (secondary N) is 1. The molecule has 1 aliphatic rings. The molecule has 0 aliphatic carbocycles. The SMILES string of the molecule is c1ccc(C(CCN2CCN(c3cccc4[nH]ccc34)CC2)c2ccccn2)nc1. The molecule has 5 rings (SSSR count). The Balaban J connectivity index is 1.24. The fraction of sp³-hybridized carbons (Fsp3) is 0.280. The lowest BCUT2D eigenvalue weighted by atomic mass is 9.95. The van der Waals surface area contributed by atoms with Crippen molar-refractivity contribution in [2.45, 2.75) is 12.3 Å². The van der Waals surface area contributed by atoms with E-state index in [4.69, 9.17) is 0 Å². The Bertz CT molecular complexity index is 1030. The molecule has 0 bridgehead atoms. The van der Waals surface area contributed by atoms with Gasteiger partial charge >= 0.3 is 0 Å². The second-order valence-corrected chi connectivity index (χ2v) is 7.90. The largest absolute Gasteiger partial charge is 0.368 e. The molecule has 0 spiro atoms. The number of nitrogens with zero attached hydrogens (tertiary/aromatic N) is 4. The maximum atomic E-state index is 4.63. The van der Waals surface area contributed by atoms with Gasteiger partial charge in [-0.05, 0) is 55.4 Å². The molecule has 5 heteroatoms. The van der Waals surface area contributed by atoms with Gasteiger partial charge in [0.15, 0.2) is 0 Å². The molecule has 30 heavy (non-hydrogen) atoms. The molecule has 0 amide bonds. The van der Waals surface area contributed by atoms with Crippen LogP contribution in [-0.4, -0.2) is 52.6 Å².